The maximum Gasteiger partial charge on any atom is 0.328 e. The van der Waals surface area contributed by atoms with E-state index in [1.54, 1.807) is 18.2 Å². The summed E-state index contributed by atoms with van der Waals surface area (Å²) in [7, 11) is 0. The average molecular weight is 319 g/mol. The number of rotatable bonds is 6. The van der Waals surface area contributed by atoms with Gasteiger partial charge in [0.1, 0.15) is 17.9 Å². The minimum absolute atomic E-state index is 0.00650. The summed E-state index contributed by atoms with van der Waals surface area (Å²) in [5.41, 5.74) is 1.40. The lowest BCUT2D eigenvalue weighted by Crippen LogP contribution is -2.48. The van der Waals surface area contributed by atoms with E-state index in [9.17, 15) is 9.59 Å². The molecule has 1 aliphatic heterocycles. The fourth-order valence-electron chi connectivity index (χ4n) is 2.80. The minimum atomic E-state index is -0.367. The van der Waals surface area contributed by atoms with Gasteiger partial charge in [-0.05, 0) is 44.9 Å². The predicted octanol–water partition coefficient (Wildman–Crippen LogP) is 3.21. The van der Waals surface area contributed by atoms with Crippen LogP contribution in [0.5, 0.6) is 5.75 Å². The quantitative estimate of drug-likeness (QED) is 0.595. The van der Waals surface area contributed by atoms with E-state index in [0.717, 1.165) is 12.1 Å². The molecule has 1 aliphatic rings. The van der Waals surface area contributed by atoms with Gasteiger partial charge in [-0.25, -0.2) is 4.79 Å². The third-order valence-electron chi connectivity index (χ3n) is 3.94. The first kappa shape index (κ1) is 17.3. The predicted molar refractivity (Wildman–Crippen MR) is 89.2 cm³/mol. The average Bonchev–Trinajstić information content (AvgIpc) is 2.52. The molecule has 0 N–H and O–H groups in total. The van der Waals surface area contributed by atoms with Crippen molar-refractivity contribution >= 4 is 17.4 Å². The molecule has 0 spiro atoms. The summed E-state index contributed by atoms with van der Waals surface area (Å²) in [4.78, 5) is 26.1. The number of Topliss-reactive ketones (excluding diaryl/α,β-unsaturated/α-hetero) is 1. The SMILES string of the molecule is CCCOC(=O)C(CC)N1CC(C)Oc2ccc(C(C)=O)cc21. The zero-order valence-electron chi connectivity index (χ0n) is 14.3. The Hall–Kier alpha value is -2.04. The van der Waals surface area contributed by atoms with Gasteiger partial charge in [0.15, 0.2) is 5.78 Å². The summed E-state index contributed by atoms with van der Waals surface area (Å²) in [5.74, 6) is 0.478. The van der Waals surface area contributed by atoms with Crippen molar-refractivity contribution in [1.29, 1.82) is 0 Å². The van der Waals surface area contributed by atoms with E-state index in [2.05, 4.69) is 0 Å². The van der Waals surface area contributed by atoms with Crippen molar-refractivity contribution in [3.63, 3.8) is 0 Å². The molecule has 5 heteroatoms. The Balaban J connectivity index is 2.36. The first-order valence-corrected chi connectivity index (χ1v) is 8.22. The highest BCUT2D eigenvalue weighted by atomic mass is 16.5. The van der Waals surface area contributed by atoms with Gasteiger partial charge in [-0.2, -0.15) is 0 Å². The molecule has 0 bridgehead atoms. The molecule has 1 heterocycles. The number of ether oxygens (including phenoxy) is 2. The highest BCUT2D eigenvalue weighted by molar-refractivity contribution is 5.96. The van der Waals surface area contributed by atoms with Gasteiger partial charge in [-0.15, -0.1) is 0 Å². The van der Waals surface area contributed by atoms with Gasteiger partial charge in [-0.1, -0.05) is 13.8 Å². The summed E-state index contributed by atoms with van der Waals surface area (Å²) >= 11 is 0. The van der Waals surface area contributed by atoms with Crippen molar-refractivity contribution in [3.8, 4) is 5.75 Å². The van der Waals surface area contributed by atoms with Crippen molar-refractivity contribution in [2.45, 2.75) is 52.7 Å². The van der Waals surface area contributed by atoms with Crippen molar-refractivity contribution in [2.75, 3.05) is 18.1 Å². The van der Waals surface area contributed by atoms with Gasteiger partial charge in [0.05, 0.1) is 18.8 Å². The fourth-order valence-corrected chi connectivity index (χ4v) is 2.80. The highest BCUT2D eigenvalue weighted by Gasteiger charge is 2.33. The third-order valence-corrected chi connectivity index (χ3v) is 3.94. The molecule has 2 unspecified atom stereocenters. The molecule has 0 amide bonds. The van der Waals surface area contributed by atoms with Crippen LogP contribution in [0.25, 0.3) is 0 Å². The molecule has 2 rings (SSSR count). The molecule has 5 nitrogen and oxygen atoms in total. The van der Waals surface area contributed by atoms with E-state index in [4.69, 9.17) is 9.47 Å². The first-order chi connectivity index (χ1) is 11.0. The van der Waals surface area contributed by atoms with Gasteiger partial charge in [0.2, 0.25) is 0 Å². The van der Waals surface area contributed by atoms with E-state index in [1.165, 1.54) is 6.92 Å². The lowest BCUT2D eigenvalue weighted by atomic mass is 10.0. The number of nitrogens with zero attached hydrogens (tertiary/aromatic N) is 1. The van der Waals surface area contributed by atoms with Crippen LogP contribution in [0.4, 0.5) is 5.69 Å². The number of ketones is 1. The first-order valence-electron chi connectivity index (χ1n) is 8.22. The van der Waals surface area contributed by atoms with Crippen LogP contribution in [0.3, 0.4) is 0 Å². The Labute approximate surface area is 137 Å². The van der Waals surface area contributed by atoms with Crippen LogP contribution in [0.15, 0.2) is 18.2 Å². The Morgan fingerprint density at radius 1 is 1.39 bits per heavy atom. The van der Waals surface area contributed by atoms with Crippen LogP contribution in [0.2, 0.25) is 0 Å². The van der Waals surface area contributed by atoms with Crippen molar-refractivity contribution < 1.29 is 19.1 Å². The molecule has 0 saturated heterocycles. The van der Waals surface area contributed by atoms with E-state index in [1.807, 2.05) is 25.7 Å². The lowest BCUT2D eigenvalue weighted by molar-refractivity contribution is -0.145. The van der Waals surface area contributed by atoms with Gasteiger partial charge in [0.25, 0.3) is 0 Å². The zero-order chi connectivity index (χ0) is 17.0. The Morgan fingerprint density at radius 2 is 2.13 bits per heavy atom. The van der Waals surface area contributed by atoms with Gasteiger partial charge in [-0.3, -0.25) is 4.79 Å². The summed E-state index contributed by atoms with van der Waals surface area (Å²) in [5, 5.41) is 0. The molecule has 1 aromatic rings. The fraction of sp³-hybridized carbons (Fsp3) is 0.556. The maximum absolute atomic E-state index is 12.4. The number of fused-ring (bicyclic) bond motifs is 1. The summed E-state index contributed by atoms with van der Waals surface area (Å²) in [6.45, 7) is 8.46. The van der Waals surface area contributed by atoms with E-state index in [0.29, 0.717) is 30.9 Å². The van der Waals surface area contributed by atoms with Crippen molar-refractivity contribution in [2.24, 2.45) is 0 Å². The Kier molecular flexibility index (Phi) is 5.64. The maximum atomic E-state index is 12.4. The molecular formula is C18H25NO4. The van der Waals surface area contributed by atoms with Crippen LogP contribution >= 0.6 is 0 Å². The van der Waals surface area contributed by atoms with Gasteiger partial charge in [0, 0.05) is 5.56 Å². The van der Waals surface area contributed by atoms with Gasteiger partial charge < -0.3 is 14.4 Å². The number of hydrogen-bond acceptors (Lipinski definition) is 5. The standard InChI is InChI=1S/C18H25NO4/c1-5-9-22-18(21)15(6-2)19-11-12(3)23-17-8-7-14(13(4)20)10-16(17)19/h7-8,10,12,15H,5-6,9,11H2,1-4H3. The second kappa shape index (κ2) is 7.49. The third kappa shape index (κ3) is 3.84. The number of carbonyl (C=O) groups is 2. The van der Waals surface area contributed by atoms with Gasteiger partial charge >= 0.3 is 5.97 Å². The van der Waals surface area contributed by atoms with Crippen LogP contribution in [0.1, 0.15) is 50.9 Å². The Bertz CT molecular complexity index is 584. The monoisotopic (exact) mass is 319 g/mol. The van der Waals surface area contributed by atoms with E-state index >= 15 is 0 Å². The van der Waals surface area contributed by atoms with Crippen molar-refractivity contribution in [1.82, 2.24) is 0 Å². The smallest absolute Gasteiger partial charge is 0.328 e. The molecule has 126 valence electrons. The second-order valence-corrected chi connectivity index (χ2v) is 5.91. The number of hydrogen-bond donors (Lipinski definition) is 0. The molecule has 0 saturated carbocycles. The van der Waals surface area contributed by atoms with Crippen LogP contribution < -0.4 is 9.64 Å². The number of esters is 1. The van der Waals surface area contributed by atoms with Crippen LogP contribution in [-0.2, 0) is 9.53 Å². The lowest BCUT2D eigenvalue weighted by Gasteiger charge is -2.39. The molecule has 0 aromatic heterocycles. The molecule has 0 aliphatic carbocycles. The minimum Gasteiger partial charge on any atom is -0.487 e. The summed E-state index contributed by atoms with van der Waals surface area (Å²) < 4.78 is 11.2. The molecule has 0 radical (unpaired) electrons. The second-order valence-electron chi connectivity index (χ2n) is 5.91. The number of benzene rings is 1. The molecule has 2 atom stereocenters. The topological polar surface area (TPSA) is 55.8 Å². The number of anilines is 1. The number of carbonyl (C=O) groups excluding carboxylic acids is 2. The van der Waals surface area contributed by atoms with Crippen LogP contribution in [-0.4, -0.2) is 37.0 Å². The summed E-state index contributed by atoms with van der Waals surface area (Å²) in [6, 6.07) is 5.00. The largest absolute Gasteiger partial charge is 0.487 e. The van der Waals surface area contributed by atoms with E-state index in [-0.39, 0.29) is 23.9 Å². The Morgan fingerprint density at radius 3 is 2.74 bits per heavy atom. The zero-order valence-corrected chi connectivity index (χ0v) is 14.3. The molecule has 0 fully saturated rings. The highest BCUT2D eigenvalue weighted by Crippen LogP contribution is 2.36. The van der Waals surface area contributed by atoms with E-state index < -0.39 is 0 Å². The van der Waals surface area contributed by atoms with Crippen LogP contribution in [0, 0.1) is 0 Å². The molecule has 23 heavy (non-hydrogen) atoms. The molecule has 1 aromatic carbocycles. The molecular weight excluding hydrogens is 294 g/mol. The normalized spacial score (nSPS) is 17.9. The van der Waals surface area contributed by atoms with Crippen molar-refractivity contribution in [3.05, 3.63) is 23.8 Å². The summed E-state index contributed by atoms with van der Waals surface area (Å²) in [6.07, 6.45) is 1.41.